The van der Waals surface area contributed by atoms with Crippen LogP contribution in [0.2, 0.25) is 0 Å². The molecule has 0 bridgehead atoms. The molecule has 2 aromatic rings. The van der Waals surface area contributed by atoms with Gasteiger partial charge in [0, 0.05) is 0 Å². The first-order valence-electron chi connectivity index (χ1n) is 6.63. The number of hydrogen-bond donors (Lipinski definition) is 0. The monoisotopic (exact) mass is 334 g/mol. The van der Waals surface area contributed by atoms with Gasteiger partial charge in [-0.2, -0.15) is 0 Å². The quantitative estimate of drug-likeness (QED) is 0.854. The number of carbonyl (C=O) groups excluding carboxylic acids is 2. The standard InChI is InChI=1S/C16H14O6S/c1-11-3-7-13(8-4-11)15(17)21-23(19,20)22-16(18)14-9-5-12(2)6-10-14/h3-10H,1-2H3. The van der Waals surface area contributed by atoms with Crippen molar-refractivity contribution in [2.75, 3.05) is 0 Å². The van der Waals surface area contributed by atoms with E-state index < -0.39 is 22.3 Å². The van der Waals surface area contributed by atoms with E-state index in [2.05, 4.69) is 8.37 Å². The van der Waals surface area contributed by atoms with Crippen molar-refractivity contribution in [1.82, 2.24) is 0 Å². The summed E-state index contributed by atoms with van der Waals surface area (Å²) >= 11 is 0. The summed E-state index contributed by atoms with van der Waals surface area (Å²) in [7, 11) is -4.80. The van der Waals surface area contributed by atoms with Crippen LogP contribution in [0.5, 0.6) is 0 Å². The fourth-order valence-corrected chi connectivity index (χ4v) is 2.28. The van der Waals surface area contributed by atoms with Crippen LogP contribution in [-0.2, 0) is 18.8 Å². The van der Waals surface area contributed by atoms with Crippen molar-refractivity contribution in [3.05, 3.63) is 70.8 Å². The highest BCUT2D eigenvalue weighted by molar-refractivity contribution is 7.82. The molecule has 0 radical (unpaired) electrons. The van der Waals surface area contributed by atoms with E-state index in [1.807, 2.05) is 13.8 Å². The van der Waals surface area contributed by atoms with Crippen LogP contribution < -0.4 is 0 Å². The molecule has 7 heteroatoms. The summed E-state index contributed by atoms with van der Waals surface area (Å²) in [6.07, 6.45) is 0. The molecule has 0 aliphatic heterocycles. The molecule has 0 aromatic heterocycles. The van der Waals surface area contributed by atoms with Gasteiger partial charge in [-0.25, -0.2) is 9.59 Å². The van der Waals surface area contributed by atoms with E-state index in [0.717, 1.165) is 11.1 Å². The number of aryl methyl sites for hydroxylation is 2. The highest BCUT2D eigenvalue weighted by atomic mass is 32.3. The van der Waals surface area contributed by atoms with Crippen LogP contribution in [-0.4, -0.2) is 20.4 Å². The van der Waals surface area contributed by atoms with Gasteiger partial charge < -0.3 is 8.37 Å². The summed E-state index contributed by atoms with van der Waals surface area (Å²) in [5.74, 6) is -2.25. The molecule has 0 unspecified atom stereocenters. The van der Waals surface area contributed by atoms with Gasteiger partial charge in [-0.15, -0.1) is 8.42 Å². The smallest absolute Gasteiger partial charge is 0.311 e. The molecule has 6 nitrogen and oxygen atoms in total. The van der Waals surface area contributed by atoms with Crippen molar-refractivity contribution in [2.24, 2.45) is 0 Å². The fourth-order valence-electron chi connectivity index (χ4n) is 1.68. The number of benzene rings is 2. The summed E-state index contributed by atoms with van der Waals surface area (Å²) in [6.45, 7) is 3.63. The predicted octanol–water partition coefficient (Wildman–Crippen LogP) is 2.56. The van der Waals surface area contributed by atoms with Crippen LogP contribution in [0.4, 0.5) is 0 Å². The second-order valence-electron chi connectivity index (χ2n) is 4.88. The van der Waals surface area contributed by atoms with E-state index >= 15 is 0 Å². The molecule has 120 valence electrons. The summed E-state index contributed by atoms with van der Waals surface area (Å²) in [5, 5.41) is 0. The van der Waals surface area contributed by atoms with Gasteiger partial charge in [0.1, 0.15) is 0 Å². The Morgan fingerprint density at radius 2 is 1.00 bits per heavy atom. The Morgan fingerprint density at radius 1 is 0.696 bits per heavy atom. The second kappa shape index (κ2) is 6.62. The van der Waals surface area contributed by atoms with Crippen molar-refractivity contribution in [1.29, 1.82) is 0 Å². The third-order valence-corrected chi connectivity index (χ3v) is 3.64. The van der Waals surface area contributed by atoms with E-state index in [1.165, 1.54) is 24.3 Å². The van der Waals surface area contributed by atoms with Gasteiger partial charge in [0.05, 0.1) is 11.1 Å². The zero-order valence-corrected chi connectivity index (χ0v) is 13.3. The van der Waals surface area contributed by atoms with Crippen LogP contribution in [0.15, 0.2) is 48.5 Å². The maximum atomic E-state index is 11.7. The largest absolute Gasteiger partial charge is 0.506 e. The molecular weight excluding hydrogens is 320 g/mol. The highest BCUT2D eigenvalue weighted by Crippen LogP contribution is 2.11. The van der Waals surface area contributed by atoms with Gasteiger partial charge in [0.25, 0.3) is 0 Å². The molecule has 0 saturated carbocycles. The molecule has 0 saturated heterocycles. The van der Waals surface area contributed by atoms with Crippen LogP contribution in [0.1, 0.15) is 31.8 Å². The number of carbonyl (C=O) groups is 2. The van der Waals surface area contributed by atoms with Gasteiger partial charge in [-0.05, 0) is 38.1 Å². The van der Waals surface area contributed by atoms with E-state index in [0.29, 0.717) is 0 Å². The molecule has 0 aliphatic carbocycles. The first-order chi connectivity index (χ1) is 10.8. The summed E-state index contributed by atoms with van der Waals surface area (Å²) < 4.78 is 31.8. The molecule has 2 aromatic carbocycles. The van der Waals surface area contributed by atoms with Crippen molar-refractivity contribution in [3.63, 3.8) is 0 Å². The number of rotatable bonds is 4. The highest BCUT2D eigenvalue weighted by Gasteiger charge is 2.24. The Hall–Kier alpha value is -2.67. The van der Waals surface area contributed by atoms with E-state index in [9.17, 15) is 18.0 Å². The zero-order valence-electron chi connectivity index (χ0n) is 12.5. The van der Waals surface area contributed by atoms with E-state index in [-0.39, 0.29) is 11.1 Å². The van der Waals surface area contributed by atoms with Crippen molar-refractivity contribution in [3.8, 4) is 0 Å². The predicted molar refractivity (Wildman–Crippen MR) is 82.1 cm³/mol. The molecule has 2 rings (SSSR count). The van der Waals surface area contributed by atoms with Gasteiger partial charge >= 0.3 is 22.3 Å². The first kappa shape index (κ1) is 16.7. The summed E-state index contributed by atoms with van der Waals surface area (Å²) in [4.78, 5) is 23.5. The minimum Gasteiger partial charge on any atom is -0.311 e. The Kier molecular flexibility index (Phi) is 4.80. The molecule has 0 spiro atoms. The third kappa shape index (κ3) is 4.65. The molecule has 0 aliphatic rings. The third-order valence-electron chi connectivity index (χ3n) is 2.93. The van der Waals surface area contributed by atoms with Crippen LogP contribution in [0.3, 0.4) is 0 Å². The lowest BCUT2D eigenvalue weighted by molar-refractivity contribution is 0.0648. The number of hydrogen-bond acceptors (Lipinski definition) is 6. The molecule has 0 atom stereocenters. The van der Waals surface area contributed by atoms with E-state index in [4.69, 9.17) is 0 Å². The summed E-state index contributed by atoms with van der Waals surface area (Å²) in [5.41, 5.74) is 1.86. The topological polar surface area (TPSA) is 86.7 Å². The molecule has 23 heavy (non-hydrogen) atoms. The molecular formula is C16H14O6S. The van der Waals surface area contributed by atoms with Crippen LogP contribution in [0, 0.1) is 13.8 Å². The van der Waals surface area contributed by atoms with E-state index in [1.54, 1.807) is 24.3 Å². The zero-order chi connectivity index (χ0) is 17.0. The van der Waals surface area contributed by atoms with Gasteiger partial charge in [0.2, 0.25) is 0 Å². The molecule has 0 amide bonds. The van der Waals surface area contributed by atoms with Crippen molar-refractivity contribution < 1.29 is 26.4 Å². The molecule has 0 heterocycles. The lowest BCUT2D eigenvalue weighted by Crippen LogP contribution is -2.19. The lowest BCUT2D eigenvalue weighted by Gasteiger charge is -2.06. The maximum absolute atomic E-state index is 11.7. The fraction of sp³-hybridized carbons (Fsp3) is 0.125. The van der Waals surface area contributed by atoms with Gasteiger partial charge in [-0.1, -0.05) is 35.4 Å². The Labute approximate surface area is 134 Å². The van der Waals surface area contributed by atoms with Crippen LogP contribution in [0.25, 0.3) is 0 Å². The minimum absolute atomic E-state index is 0.0329. The van der Waals surface area contributed by atoms with Crippen LogP contribution >= 0.6 is 0 Å². The summed E-state index contributed by atoms with van der Waals surface area (Å²) in [6, 6.07) is 12.2. The normalized spacial score (nSPS) is 10.9. The average molecular weight is 334 g/mol. The van der Waals surface area contributed by atoms with Crippen molar-refractivity contribution >= 4 is 22.3 Å². The first-order valence-corrected chi connectivity index (χ1v) is 7.96. The second-order valence-corrected chi connectivity index (χ2v) is 6.03. The molecule has 0 fully saturated rings. The van der Waals surface area contributed by atoms with Gasteiger partial charge in [-0.3, -0.25) is 0 Å². The van der Waals surface area contributed by atoms with Gasteiger partial charge in [0.15, 0.2) is 0 Å². The Bertz CT molecular complexity index is 754. The molecule has 0 N–H and O–H groups in total. The lowest BCUT2D eigenvalue weighted by atomic mass is 10.2. The maximum Gasteiger partial charge on any atom is 0.506 e. The van der Waals surface area contributed by atoms with Crippen molar-refractivity contribution in [2.45, 2.75) is 13.8 Å². The Morgan fingerprint density at radius 3 is 1.30 bits per heavy atom. The average Bonchev–Trinajstić information content (AvgIpc) is 2.47. The Balaban J connectivity index is 2.06. The minimum atomic E-state index is -4.80. The SMILES string of the molecule is Cc1ccc(C(=O)OS(=O)(=O)OC(=O)c2ccc(C)cc2)cc1.